The number of hydrogen-bond donors (Lipinski definition) is 2. The Bertz CT molecular complexity index is 1060. The molecule has 2 unspecified atom stereocenters. The first kappa shape index (κ1) is 22.9. The fraction of sp³-hybridized carbons (Fsp3) is 0.304. The van der Waals surface area contributed by atoms with Gasteiger partial charge in [0.25, 0.3) is 11.8 Å². The van der Waals surface area contributed by atoms with E-state index in [2.05, 4.69) is 10.6 Å². The SMILES string of the molecule is CCC1(c2ccccc2)NC(=O)N(CC(=O)OC(C)C(=O)Nc2ccc(C)c(F)c2)C1=O. The summed E-state index contributed by atoms with van der Waals surface area (Å²) in [5.74, 6) is -2.65. The minimum absolute atomic E-state index is 0.214. The Morgan fingerprint density at radius 1 is 1.19 bits per heavy atom. The quantitative estimate of drug-likeness (QED) is 0.508. The second-order valence-electron chi connectivity index (χ2n) is 7.53. The lowest BCUT2D eigenvalue weighted by atomic mass is 9.87. The van der Waals surface area contributed by atoms with Crippen LogP contribution in [0.5, 0.6) is 0 Å². The number of anilines is 1. The number of urea groups is 1. The number of rotatable bonds is 7. The molecule has 32 heavy (non-hydrogen) atoms. The molecule has 1 aliphatic rings. The van der Waals surface area contributed by atoms with Crippen molar-refractivity contribution in [2.24, 2.45) is 0 Å². The first-order valence-corrected chi connectivity index (χ1v) is 10.1. The molecule has 0 aromatic heterocycles. The summed E-state index contributed by atoms with van der Waals surface area (Å²) in [6.07, 6.45) is -0.934. The maximum Gasteiger partial charge on any atom is 0.327 e. The van der Waals surface area contributed by atoms with Crippen LogP contribution in [0.2, 0.25) is 0 Å². The second-order valence-corrected chi connectivity index (χ2v) is 7.53. The molecular formula is C23H24FN3O5. The van der Waals surface area contributed by atoms with Crippen molar-refractivity contribution < 1.29 is 28.3 Å². The molecular weight excluding hydrogens is 417 g/mol. The number of aryl methyl sites for hydroxylation is 1. The van der Waals surface area contributed by atoms with Gasteiger partial charge in [0.2, 0.25) is 0 Å². The van der Waals surface area contributed by atoms with E-state index in [9.17, 15) is 23.6 Å². The molecule has 1 saturated heterocycles. The van der Waals surface area contributed by atoms with Crippen LogP contribution >= 0.6 is 0 Å². The largest absolute Gasteiger partial charge is 0.451 e. The van der Waals surface area contributed by atoms with Crippen LogP contribution in [0, 0.1) is 12.7 Å². The Kier molecular flexibility index (Phi) is 6.57. The van der Waals surface area contributed by atoms with Crippen LogP contribution in [-0.4, -0.2) is 41.4 Å². The third-order valence-corrected chi connectivity index (χ3v) is 5.38. The molecule has 4 amide bonds. The standard InChI is InChI=1S/C23H24FN3O5/c1-4-23(16-8-6-5-7-9-16)21(30)27(22(31)26-23)13-19(28)32-15(3)20(29)25-17-11-10-14(2)18(24)12-17/h5-12,15H,4,13H2,1-3H3,(H,25,29)(H,26,31). The highest BCUT2D eigenvalue weighted by Gasteiger charge is 2.51. The molecule has 0 aliphatic carbocycles. The number of ether oxygens (including phenoxy) is 1. The summed E-state index contributed by atoms with van der Waals surface area (Å²) in [5, 5.41) is 5.13. The van der Waals surface area contributed by atoms with Crippen molar-refractivity contribution in [1.82, 2.24) is 10.2 Å². The zero-order chi connectivity index (χ0) is 23.5. The number of imide groups is 1. The van der Waals surface area contributed by atoms with Gasteiger partial charge in [-0.15, -0.1) is 0 Å². The number of halogens is 1. The van der Waals surface area contributed by atoms with E-state index in [0.29, 0.717) is 17.5 Å². The van der Waals surface area contributed by atoms with E-state index in [4.69, 9.17) is 4.74 Å². The highest BCUT2D eigenvalue weighted by Crippen LogP contribution is 2.32. The molecule has 0 bridgehead atoms. The molecule has 9 heteroatoms. The van der Waals surface area contributed by atoms with Gasteiger partial charge in [-0.3, -0.25) is 19.3 Å². The highest BCUT2D eigenvalue weighted by atomic mass is 19.1. The summed E-state index contributed by atoms with van der Waals surface area (Å²) in [4.78, 5) is 50.9. The van der Waals surface area contributed by atoms with E-state index in [1.54, 1.807) is 44.2 Å². The highest BCUT2D eigenvalue weighted by molar-refractivity contribution is 6.09. The minimum Gasteiger partial charge on any atom is -0.451 e. The van der Waals surface area contributed by atoms with Crippen molar-refractivity contribution in [2.75, 3.05) is 11.9 Å². The van der Waals surface area contributed by atoms with Crippen LogP contribution in [-0.2, 0) is 24.7 Å². The lowest BCUT2D eigenvalue weighted by Crippen LogP contribution is -2.44. The molecule has 8 nitrogen and oxygen atoms in total. The Balaban J connectivity index is 1.63. The molecule has 0 spiro atoms. The van der Waals surface area contributed by atoms with Gasteiger partial charge < -0.3 is 15.4 Å². The van der Waals surface area contributed by atoms with Gasteiger partial charge >= 0.3 is 12.0 Å². The number of amides is 4. The first-order chi connectivity index (χ1) is 15.2. The third-order valence-electron chi connectivity index (χ3n) is 5.38. The van der Waals surface area contributed by atoms with Crippen molar-refractivity contribution in [3.63, 3.8) is 0 Å². The van der Waals surface area contributed by atoms with Gasteiger partial charge in [-0.05, 0) is 43.5 Å². The Hall–Kier alpha value is -3.75. The van der Waals surface area contributed by atoms with Gasteiger partial charge in [0, 0.05) is 5.69 Å². The predicted molar refractivity (Wildman–Crippen MR) is 114 cm³/mol. The number of nitrogens with one attached hydrogen (secondary N) is 2. The normalized spacial score (nSPS) is 18.8. The second kappa shape index (κ2) is 9.17. The molecule has 3 rings (SSSR count). The Morgan fingerprint density at radius 2 is 1.88 bits per heavy atom. The van der Waals surface area contributed by atoms with Crippen molar-refractivity contribution in [3.05, 3.63) is 65.5 Å². The summed E-state index contributed by atoms with van der Waals surface area (Å²) < 4.78 is 18.7. The van der Waals surface area contributed by atoms with E-state index in [-0.39, 0.29) is 5.69 Å². The summed E-state index contributed by atoms with van der Waals surface area (Å²) >= 11 is 0. The molecule has 1 heterocycles. The maximum atomic E-state index is 13.6. The van der Waals surface area contributed by atoms with E-state index in [1.807, 2.05) is 0 Å². The third kappa shape index (κ3) is 4.46. The van der Waals surface area contributed by atoms with Crippen molar-refractivity contribution in [3.8, 4) is 0 Å². The van der Waals surface area contributed by atoms with Crippen molar-refractivity contribution in [2.45, 2.75) is 38.8 Å². The first-order valence-electron chi connectivity index (χ1n) is 10.1. The van der Waals surface area contributed by atoms with Crippen LogP contribution in [0.3, 0.4) is 0 Å². The van der Waals surface area contributed by atoms with E-state index in [0.717, 1.165) is 11.0 Å². The maximum absolute atomic E-state index is 13.6. The lowest BCUT2D eigenvalue weighted by Gasteiger charge is -2.25. The van der Waals surface area contributed by atoms with Gasteiger partial charge in [0.15, 0.2) is 6.10 Å². The number of nitrogens with zero attached hydrogens (tertiary/aromatic N) is 1. The van der Waals surface area contributed by atoms with Gasteiger partial charge in [-0.2, -0.15) is 0 Å². The molecule has 2 atom stereocenters. The molecule has 1 aliphatic heterocycles. The van der Waals surface area contributed by atoms with E-state index in [1.165, 1.54) is 19.1 Å². The van der Waals surface area contributed by atoms with Crippen molar-refractivity contribution in [1.29, 1.82) is 0 Å². The van der Waals surface area contributed by atoms with E-state index < -0.39 is 47.8 Å². The molecule has 2 aromatic rings. The number of esters is 1. The fourth-order valence-electron chi connectivity index (χ4n) is 3.46. The Labute approximate surface area is 184 Å². The van der Waals surface area contributed by atoms with Crippen LogP contribution in [0.25, 0.3) is 0 Å². The molecule has 2 N–H and O–H groups in total. The van der Waals surface area contributed by atoms with Gasteiger partial charge in [0.05, 0.1) is 0 Å². The smallest absolute Gasteiger partial charge is 0.327 e. The topological polar surface area (TPSA) is 105 Å². The monoisotopic (exact) mass is 441 g/mol. The molecule has 0 saturated carbocycles. The fourth-order valence-corrected chi connectivity index (χ4v) is 3.46. The average Bonchev–Trinajstić information content (AvgIpc) is 3.02. The predicted octanol–water partition coefficient (Wildman–Crippen LogP) is 2.86. The van der Waals surface area contributed by atoms with Gasteiger partial charge in [0.1, 0.15) is 17.9 Å². The minimum atomic E-state index is -1.27. The summed E-state index contributed by atoms with van der Waals surface area (Å²) in [6.45, 7) is 4.04. The van der Waals surface area contributed by atoms with Crippen LogP contribution < -0.4 is 10.6 Å². The molecule has 168 valence electrons. The number of benzene rings is 2. The number of carbonyl (C=O) groups excluding carboxylic acids is 4. The summed E-state index contributed by atoms with van der Waals surface area (Å²) in [7, 11) is 0. The lowest BCUT2D eigenvalue weighted by molar-refractivity contribution is -0.155. The zero-order valence-corrected chi connectivity index (χ0v) is 18.0. The average molecular weight is 441 g/mol. The van der Waals surface area contributed by atoms with Crippen LogP contribution in [0.15, 0.2) is 48.5 Å². The van der Waals surface area contributed by atoms with Gasteiger partial charge in [-0.1, -0.05) is 43.3 Å². The number of hydrogen-bond acceptors (Lipinski definition) is 5. The summed E-state index contributed by atoms with van der Waals surface area (Å²) in [5.41, 5.74) is -0.0212. The molecule has 0 radical (unpaired) electrons. The van der Waals surface area contributed by atoms with Crippen molar-refractivity contribution >= 4 is 29.5 Å². The number of carbonyl (C=O) groups is 4. The zero-order valence-electron chi connectivity index (χ0n) is 18.0. The van der Waals surface area contributed by atoms with Crippen LogP contribution in [0.1, 0.15) is 31.4 Å². The van der Waals surface area contributed by atoms with Crippen LogP contribution in [0.4, 0.5) is 14.9 Å². The molecule has 1 fully saturated rings. The Morgan fingerprint density at radius 3 is 2.50 bits per heavy atom. The van der Waals surface area contributed by atoms with Gasteiger partial charge in [-0.25, -0.2) is 9.18 Å². The molecule has 2 aromatic carbocycles. The summed E-state index contributed by atoms with van der Waals surface area (Å²) in [6, 6.07) is 12.2. The van der Waals surface area contributed by atoms with E-state index >= 15 is 0 Å².